The summed E-state index contributed by atoms with van der Waals surface area (Å²) in [5.74, 6) is 0.0415. The second-order valence-electron chi connectivity index (χ2n) is 11.3. The fourth-order valence-corrected chi connectivity index (χ4v) is 4.57. The molecule has 174 valence electrons. The quantitative estimate of drug-likeness (QED) is 0.402. The van der Waals surface area contributed by atoms with E-state index >= 15 is 0 Å². The van der Waals surface area contributed by atoms with E-state index < -0.39 is 0 Å². The van der Waals surface area contributed by atoms with Gasteiger partial charge >= 0.3 is 0 Å². The van der Waals surface area contributed by atoms with Gasteiger partial charge in [-0.15, -0.1) is 0 Å². The van der Waals surface area contributed by atoms with Gasteiger partial charge in [0.25, 0.3) is 0 Å². The van der Waals surface area contributed by atoms with Gasteiger partial charge in [-0.2, -0.15) is 0 Å². The smallest absolute Gasteiger partial charge is 0.124 e. The van der Waals surface area contributed by atoms with Gasteiger partial charge in [0, 0.05) is 11.8 Å². The van der Waals surface area contributed by atoms with Crippen LogP contribution in [0.25, 0.3) is 0 Å². The van der Waals surface area contributed by atoms with Crippen molar-refractivity contribution < 1.29 is 9.90 Å². The van der Waals surface area contributed by atoms with Crippen LogP contribution in [0.2, 0.25) is 0 Å². The van der Waals surface area contributed by atoms with E-state index in [0.29, 0.717) is 12.2 Å². The summed E-state index contributed by atoms with van der Waals surface area (Å²) in [4.78, 5) is 12.5. The van der Waals surface area contributed by atoms with Crippen molar-refractivity contribution in [2.24, 2.45) is 5.92 Å². The normalized spacial score (nSPS) is 14.0. The lowest BCUT2D eigenvalue weighted by Crippen LogP contribution is -2.22. The monoisotopic (exact) mass is 442 g/mol. The van der Waals surface area contributed by atoms with Crippen molar-refractivity contribution in [2.45, 2.75) is 71.6 Å². The lowest BCUT2D eigenvalue weighted by Gasteiger charge is -2.31. The Balaban J connectivity index is 2.22. The van der Waals surface area contributed by atoms with Crippen molar-refractivity contribution in [2.75, 3.05) is 0 Å². The molecule has 1 N–H and O–H groups in total. The van der Waals surface area contributed by atoms with E-state index in [9.17, 15) is 9.90 Å². The van der Waals surface area contributed by atoms with Gasteiger partial charge in [-0.05, 0) is 52.0 Å². The largest absolute Gasteiger partial charge is 0.507 e. The highest BCUT2D eigenvalue weighted by atomic mass is 16.3. The number of carbonyl (C=O) groups excluding carboxylic acids is 1. The maximum atomic E-state index is 12.5. The van der Waals surface area contributed by atoms with E-state index in [0.717, 1.165) is 34.1 Å². The molecule has 0 aliphatic heterocycles. The highest BCUT2D eigenvalue weighted by Gasteiger charge is 2.31. The van der Waals surface area contributed by atoms with E-state index in [-0.39, 0.29) is 22.7 Å². The summed E-state index contributed by atoms with van der Waals surface area (Å²) >= 11 is 0. The number of phenols is 1. The molecule has 3 rings (SSSR count). The summed E-state index contributed by atoms with van der Waals surface area (Å²) in [6, 6.07) is 23.0. The Hall–Kier alpha value is -2.87. The van der Waals surface area contributed by atoms with Crippen LogP contribution in [0.15, 0.2) is 66.7 Å². The van der Waals surface area contributed by atoms with Crippen LogP contribution in [0.3, 0.4) is 0 Å². The molecule has 0 aromatic heterocycles. The fourth-order valence-electron chi connectivity index (χ4n) is 4.57. The molecule has 0 fully saturated rings. The highest BCUT2D eigenvalue weighted by Crippen LogP contribution is 2.43. The molecule has 0 aliphatic rings. The highest BCUT2D eigenvalue weighted by molar-refractivity contribution is 5.61. The van der Waals surface area contributed by atoms with Gasteiger partial charge < -0.3 is 9.90 Å². The molecule has 2 heteroatoms. The van der Waals surface area contributed by atoms with Gasteiger partial charge in [0.2, 0.25) is 0 Å². The molecule has 0 bridgehead atoms. The molecule has 0 saturated heterocycles. The Labute approximate surface area is 199 Å². The molecule has 3 aromatic rings. The van der Waals surface area contributed by atoms with Crippen LogP contribution < -0.4 is 0 Å². The molecule has 0 heterocycles. The van der Waals surface area contributed by atoms with Gasteiger partial charge in [-0.3, -0.25) is 0 Å². The molecule has 0 radical (unpaired) electrons. The Morgan fingerprint density at radius 1 is 0.788 bits per heavy atom. The molecule has 2 atom stereocenters. The first kappa shape index (κ1) is 24.8. The van der Waals surface area contributed by atoms with Crippen LogP contribution in [-0.2, 0) is 22.0 Å². The van der Waals surface area contributed by atoms with Gasteiger partial charge in [0.05, 0.1) is 0 Å². The van der Waals surface area contributed by atoms with Crippen molar-refractivity contribution in [1.29, 1.82) is 0 Å². The zero-order valence-corrected chi connectivity index (χ0v) is 21.1. The van der Waals surface area contributed by atoms with Gasteiger partial charge in [-0.25, -0.2) is 0 Å². The van der Waals surface area contributed by atoms with Gasteiger partial charge in [-0.1, -0.05) is 114 Å². The molecule has 33 heavy (non-hydrogen) atoms. The van der Waals surface area contributed by atoms with E-state index in [1.165, 1.54) is 5.56 Å². The number of hydrogen-bond acceptors (Lipinski definition) is 2. The Kier molecular flexibility index (Phi) is 7.17. The molecule has 0 spiro atoms. The van der Waals surface area contributed by atoms with Crippen LogP contribution in [-0.4, -0.2) is 11.4 Å². The number of aldehydes is 1. The van der Waals surface area contributed by atoms with E-state index in [4.69, 9.17) is 0 Å². The van der Waals surface area contributed by atoms with Crippen LogP contribution in [0.5, 0.6) is 5.75 Å². The van der Waals surface area contributed by atoms with E-state index in [1.54, 1.807) is 0 Å². The number of benzene rings is 3. The minimum Gasteiger partial charge on any atom is -0.507 e. The third-order valence-electron chi connectivity index (χ3n) is 6.46. The molecule has 2 nitrogen and oxygen atoms in total. The van der Waals surface area contributed by atoms with Crippen molar-refractivity contribution in [3.8, 4) is 5.75 Å². The lowest BCUT2D eigenvalue weighted by molar-refractivity contribution is -0.111. The summed E-state index contributed by atoms with van der Waals surface area (Å²) in [6.45, 7) is 14.8. The second kappa shape index (κ2) is 9.55. The van der Waals surface area contributed by atoms with Crippen molar-refractivity contribution in [3.05, 3.63) is 100 Å². The summed E-state index contributed by atoms with van der Waals surface area (Å²) in [6.07, 6.45) is 1.78. The first-order chi connectivity index (χ1) is 15.4. The number of hydrogen-bond donors (Lipinski definition) is 1. The van der Waals surface area contributed by atoms with Gasteiger partial charge in [0.1, 0.15) is 12.0 Å². The average Bonchev–Trinajstić information content (AvgIpc) is 2.74. The molecule has 0 saturated carbocycles. The zero-order valence-electron chi connectivity index (χ0n) is 21.1. The van der Waals surface area contributed by atoms with Gasteiger partial charge in [0.15, 0.2) is 0 Å². The Morgan fingerprint density at radius 2 is 1.30 bits per heavy atom. The number of aromatic hydroxyl groups is 1. The zero-order chi connectivity index (χ0) is 24.4. The average molecular weight is 443 g/mol. The summed E-state index contributed by atoms with van der Waals surface area (Å²) in [7, 11) is 0. The second-order valence-corrected chi connectivity index (χ2v) is 11.3. The fraction of sp³-hybridized carbons (Fsp3) is 0.387. The number of phenolic OH excluding ortho intramolecular Hbond substituents is 1. The van der Waals surface area contributed by atoms with Crippen LogP contribution in [0.4, 0.5) is 0 Å². The van der Waals surface area contributed by atoms with Crippen LogP contribution in [0.1, 0.15) is 80.8 Å². The first-order valence-corrected chi connectivity index (χ1v) is 11.9. The standard InChI is InChI=1S/C31H38O2/c1-21-13-15-22(16-14-21)17-25(20-32)28(23-11-9-8-10-12-23)24-18-26(30(2,3)4)29(33)27(19-24)31(5,6)7/h8-16,18-20,25,28,33H,17H2,1-7H3/t25-,28-/m0/s1. The van der Waals surface area contributed by atoms with Crippen LogP contribution in [0, 0.1) is 12.8 Å². The molecule has 0 aliphatic carbocycles. The Morgan fingerprint density at radius 3 is 1.76 bits per heavy atom. The van der Waals surface area contributed by atoms with Crippen LogP contribution >= 0.6 is 0 Å². The number of aryl methyl sites for hydroxylation is 1. The van der Waals surface area contributed by atoms with Crippen molar-refractivity contribution in [3.63, 3.8) is 0 Å². The first-order valence-electron chi connectivity index (χ1n) is 11.9. The third-order valence-corrected chi connectivity index (χ3v) is 6.46. The van der Waals surface area contributed by atoms with E-state index in [1.807, 2.05) is 18.2 Å². The molecule has 0 unspecified atom stereocenters. The Bertz CT molecular complexity index is 1050. The molecular formula is C31H38O2. The lowest BCUT2D eigenvalue weighted by atomic mass is 9.73. The summed E-state index contributed by atoms with van der Waals surface area (Å²) in [5, 5.41) is 11.2. The maximum Gasteiger partial charge on any atom is 0.124 e. The van der Waals surface area contributed by atoms with Crippen molar-refractivity contribution in [1.82, 2.24) is 0 Å². The molecule has 3 aromatic carbocycles. The minimum atomic E-state index is -0.227. The molecule has 0 amide bonds. The molecular weight excluding hydrogens is 404 g/mol. The predicted molar refractivity (Wildman–Crippen MR) is 138 cm³/mol. The van der Waals surface area contributed by atoms with Crippen molar-refractivity contribution >= 4 is 6.29 Å². The summed E-state index contributed by atoms with van der Waals surface area (Å²) in [5.41, 5.74) is 5.96. The SMILES string of the molecule is Cc1ccc(C[C@@H](C=O)[C@@H](c2ccccc2)c2cc(C(C)(C)C)c(O)c(C(C)(C)C)c2)cc1. The number of rotatable bonds is 6. The predicted octanol–water partition coefficient (Wildman–Crippen LogP) is 7.49. The maximum absolute atomic E-state index is 12.5. The van der Waals surface area contributed by atoms with E-state index in [2.05, 4.69) is 97.0 Å². The minimum absolute atomic E-state index is 0.104. The topological polar surface area (TPSA) is 37.3 Å². The third kappa shape index (κ3) is 5.74. The summed E-state index contributed by atoms with van der Waals surface area (Å²) < 4.78 is 0. The number of carbonyl (C=O) groups is 1.